The molecule has 1 aliphatic rings. The molecule has 0 atom stereocenters. The predicted molar refractivity (Wildman–Crippen MR) is 68.6 cm³/mol. The van der Waals surface area contributed by atoms with E-state index in [2.05, 4.69) is 11.9 Å². The van der Waals surface area contributed by atoms with Gasteiger partial charge < -0.3 is 9.69 Å². The lowest BCUT2D eigenvalue weighted by molar-refractivity contribution is -0.117. The first-order chi connectivity index (χ1) is 7.68. The fourth-order valence-electron chi connectivity index (χ4n) is 2.66. The molecule has 1 fully saturated rings. The van der Waals surface area contributed by atoms with Gasteiger partial charge in [-0.3, -0.25) is 0 Å². The molecule has 0 spiro atoms. The predicted octanol–water partition coefficient (Wildman–Crippen LogP) is 3.26. The van der Waals surface area contributed by atoms with Gasteiger partial charge in [0.25, 0.3) is 0 Å². The zero-order chi connectivity index (χ0) is 11.8. The number of carbonyl (C=O) groups is 1. The molecule has 2 nitrogen and oxygen atoms in total. The average Bonchev–Trinajstić information content (AvgIpc) is 2.25. The average molecular weight is 225 g/mol. The van der Waals surface area contributed by atoms with Crippen LogP contribution in [0, 0.1) is 5.92 Å². The molecule has 16 heavy (non-hydrogen) atoms. The van der Waals surface area contributed by atoms with Crippen LogP contribution in [0.15, 0.2) is 0 Å². The largest absolute Gasteiger partial charge is 0.306 e. The zero-order valence-electron chi connectivity index (χ0n) is 11.0. The fourth-order valence-corrected chi connectivity index (χ4v) is 2.66. The van der Waals surface area contributed by atoms with Crippen LogP contribution in [0.3, 0.4) is 0 Å². The van der Waals surface area contributed by atoms with E-state index in [1.807, 2.05) is 0 Å². The molecule has 0 bridgehead atoms. The van der Waals surface area contributed by atoms with Crippen LogP contribution in [0.2, 0.25) is 0 Å². The van der Waals surface area contributed by atoms with Gasteiger partial charge in [-0.15, -0.1) is 0 Å². The summed E-state index contributed by atoms with van der Waals surface area (Å²) in [5.41, 5.74) is 0. The molecule has 0 aromatic carbocycles. The van der Waals surface area contributed by atoms with Crippen molar-refractivity contribution < 1.29 is 4.79 Å². The normalized spacial score (nSPS) is 17.9. The summed E-state index contributed by atoms with van der Waals surface area (Å²) < 4.78 is 0. The first-order valence-corrected chi connectivity index (χ1v) is 6.86. The molecular weight excluding hydrogens is 198 g/mol. The summed E-state index contributed by atoms with van der Waals surface area (Å²) in [7, 11) is 2.22. The molecule has 1 rings (SSSR count). The highest BCUT2D eigenvalue weighted by atomic mass is 16.1. The molecule has 0 N–H and O–H groups in total. The van der Waals surface area contributed by atoms with Crippen molar-refractivity contribution >= 4 is 5.78 Å². The lowest BCUT2D eigenvalue weighted by Gasteiger charge is -2.26. The highest BCUT2D eigenvalue weighted by Crippen LogP contribution is 2.24. The fraction of sp³-hybridized carbons (Fsp3) is 0.929. The first-order valence-electron chi connectivity index (χ1n) is 6.86. The van der Waals surface area contributed by atoms with Gasteiger partial charge in [-0.25, -0.2) is 0 Å². The van der Waals surface area contributed by atoms with Crippen molar-refractivity contribution in [3.05, 3.63) is 0 Å². The summed E-state index contributed by atoms with van der Waals surface area (Å²) in [6.07, 6.45) is 10.2. The smallest absolute Gasteiger partial charge is 0.129 e. The van der Waals surface area contributed by atoms with Crippen LogP contribution < -0.4 is 0 Å². The van der Waals surface area contributed by atoms with Gasteiger partial charge in [-0.1, -0.05) is 19.3 Å². The van der Waals surface area contributed by atoms with E-state index < -0.39 is 0 Å². The summed E-state index contributed by atoms with van der Waals surface area (Å²) in [5, 5.41) is 0. The van der Waals surface area contributed by atoms with Gasteiger partial charge in [-0.2, -0.15) is 0 Å². The lowest BCUT2D eigenvalue weighted by Crippen LogP contribution is -2.28. The number of hydrogen-bond donors (Lipinski definition) is 0. The molecule has 0 saturated heterocycles. The topological polar surface area (TPSA) is 20.3 Å². The van der Waals surface area contributed by atoms with Gasteiger partial charge in [0, 0.05) is 13.0 Å². The van der Waals surface area contributed by atoms with Crippen molar-refractivity contribution in [2.75, 3.05) is 20.1 Å². The molecule has 0 radical (unpaired) electrons. The number of unbranched alkanes of at least 4 members (excludes halogenated alkanes) is 1. The van der Waals surface area contributed by atoms with Crippen molar-refractivity contribution in [2.24, 2.45) is 5.92 Å². The van der Waals surface area contributed by atoms with E-state index >= 15 is 0 Å². The summed E-state index contributed by atoms with van der Waals surface area (Å²) in [4.78, 5) is 13.2. The van der Waals surface area contributed by atoms with E-state index in [-0.39, 0.29) is 0 Å². The molecule has 94 valence electrons. The second-order valence-electron chi connectivity index (χ2n) is 5.43. The minimum absolute atomic E-state index is 0.329. The van der Waals surface area contributed by atoms with Crippen LogP contribution in [0.4, 0.5) is 0 Å². The van der Waals surface area contributed by atoms with E-state index in [0.29, 0.717) is 5.78 Å². The third-order valence-corrected chi connectivity index (χ3v) is 3.61. The maximum atomic E-state index is 10.8. The molecule has 0 unspecified atom stereocenters. The van der Waals surface area contributed by atoms with Gasteiger partial charge in [0.2, 0.25) is 0 Å². The van der Waals surface area contributed by atoms with Crippen LogP contribution in [0.25, 0.3) is 0 Å². The Labute approximate surface area is 100 Å². The second kappa shape index (κ2) is 7.83. The molecule has 0 aromatic heterocycles. The molecule has 0 aromatic rings. The second-order valence-corrected chi connectivity index (χ2v) is 5.43. The van der Waals surface area contributed by atoms with E-state index in [9.17, 15) is 4.79 Å². The molecule has 0 heterocycles. The Morgan fingerprint density at radius 3 is 2.50 bits per heavy atom. The number of hydrogen-bond acceptors (Lipinski definition) is 2. The van der Waals surface area contributed by atoms with Gasteiger partial charge in [-0.05, 0) is 52.1 Å². The van der Waals surface area contributed by atoms with Crippen molar-refractivity contribution in [2.45, 2.75) is 58.3 Å². The van der Waals surface area contributed by atoms with Crippen LogP contribution in [0.1, 0.15) is 58.3 Å². The third kappa shape index (κ3) is 6.26. The Morgan fingerprint density at radius 1 is 1.19 bits per heavy atom. The minimum atomic E-state index is 0.329. The van der Waals surface area contributed by atoms with Gasteiger partial charge in [0.05, 0.1) is 0 Å². The van der Waals surface area contributed by atoms with Crippen LogP contribution in [0.5, 0.6) is 0 Å². The van der Waals surface area contributed by atoms with E-state index in [1.54, 1.807) is 6.92 Å². The molecule has 0 aliphatic heterocycles. The SMILES string of the molecule is CC(=O)CCCCN(C)CC1CCCCC1. The van der Waals surface area contributed by atoms with Gasteiger partial charge in [0.1, 0.15) is 5.78 Å². The third-order valence-electron chi connectivity index (χ3n) is 3.61. The number of ketones is 1. The number of rotatable bonds is 7. The zero-order valence-corrected chi connectivity index (χ0v) is 11.0. The quantitative estimate of drug-likeness (QED) is 0.620. The Balaban J connectivity index is 2.01. The van der Waals surface area contributed by atoms with Crippen molar-refractivity contribution in [3.63, 3.8) is 0 Å². The Bertz CT molecular complexity index is 197. The number of carbonyl (C=O) groups excluding carboxylic acids is 1. The molecule has 0 amide bonds. The molecule has 1 aliphatic carbocycles. The molecule has 2 heteroatoms. The number of nitrogens with zero attached hydrogens (tertiary/aromatic N) is 1. The Morgan fingerprint density at radius 2 is 1.88 bits per heavy atom. The number of Topliss-reactive ketones (excluding diaryl/α,β-unsaturated/α-hetero) is 1. The van der Waals surface area contributed by atoms with E-state index in [1.165, 1.54) is 45.1 Å². The van der Waals surface area contributed by atoms with Crippen LogP contribution in [-0.2, 0) is 4.79 Å². The van der Waals surface area contributed by atoms with Crippen molar-refractivity contribution in [3.8, 4) is 0 Å². The highest BCUT2D eigenvalue weighted by molar-refractivity contribution is 5.75. The van der Waals surface area contributed by atoms with Crippen molar-refractivity contribution in [1.82, 2.24) is 4.90 Å². The Hall–Kier alpha value is -0.370. The summed E-state index contributed by atoms with van der Waals surface area (Å²) in [6.45, 7) is 4.11. The standard InChI is InChI=1S/C14H27NO/c1-13(16)8-6-7-11-15(2)12-14-9-4-3-5-10-14/h14H,3-12H2,1-2H3. The van der Waals surface area contributed by atoms with E-state index in [4.69, 9.17) is 0 Å². The Kier molecular flexibility index (Phi) is 6.70. The summed E-state index contributed by atoms with van der Waals surface area (Å²) in [5.74, 6) is 1.27. The summed E-state index contributed by atoms with van der Waals surface area (Å²) >= 11 is 0. The van der Waals surface area contributed by atoms with Crippen LogP contribution in [-0.4, -0.2) is 30.8 Å². The molecule has 1 saturated carbocycles. The van der Waals surface area contributed by atoms with Gasteiger partial charge in [0.15, 0.2) is 0 Å². The highest BCUT2D eigenvalue weighted by Gasteiger charge is 2.14. The van der Waals surface area contributed by atoms with Crippen molar-refractivity contribution in [1.29, 1.82) is 0 Å². The maximum absolute atomic E-state index is 10.8. The monoisotopic (exact) mass is 225 g/mol. The minimum Gasteiger partial charge on any atom is -0.306 e. The maximum Gasteiger partial charge on any atom is 0.129 e. The van der Waals surface area contributed by atoms with Crippen LogP contribution >= 0.6 is 0 Å². The lowest BCUT2D eigenvalue weighted by atomic mass is 9.89. The molecular formula is C14H27NO. The van der Waals surface area contributed by atoms with Gasteiger partial charge >= 0.3 is 0 Å². The van der Waals surface area contributed by atoms with E-state index in [0.717, 1.165) is 25.3 Å². The summed E-state index contributed by atoms with van der Waals surface area (Å²) in [6, 6.07) is 0. The first kappa shape index (κ1) is 13.7.